The van der Waals surface area contributed by atoms with Crippen molar-refractivity contribution in [2.24, 2.45) is 5.92 Å². The number of fused-ring (bicyclic) bond motifs is 3. The predicted molar refractivity (Wildman–Crippen MR) is 96.0 cm³/mol. The zero-order valence-corrected chi connectivity index (χ0v) is 15.0. The van der Waals surface area contributed by atoms with Crippen LogP contribution < -0.4 is 0 Å². The number of hydrogen-bond acceptors (Lipinski definition) is 3. The highest BCUT2D eigenvalue weighted by atomic mass is 16.7. The van der Waals surface area contributed by atoms with Gasteiger partial charge in [-0.15, -0.1) is 0 Å². The van der Waals surface area contributed by atoms with Crippen molar-refractivity contribution in [2.45, 2.75) is 63.7 Å². The Bertz CT molecular complexity index is 553. The van der Waals surface area contributed by atoms with Crippen molar-refractivity contribution < 1.29 is 9.47 Å². The smallest absolute Gasteiger partial charge is 0.172 e. The Morgan fingerprint density at radius 1 is 1.00 bits per heavy atom. The molecule has 3 heterocycles. The van der Waals surface area contributed by atoms with Crippen LogP contribution in [0.3, 0.4) is 0 Å². The summed E-state index contributed by atoms with van der Waals surface area (Å²) in [7, 11) is 0. The Morgan fingerprint density at radius 3 is 2.71 bits per heavy atom. The molecule has 2 atom stereocenters. The molecule has 0 bridgehead atoms. The molecule has 3 aliphatic rings. The first kappa shape index (κ1) is 16.6. The highest BCUT2D eigenvalue weighted by Crippen LogP contribution is 2.43. The van der Waals surface area contributed by atoms with Gasteiger partial charge in [-0.3, -0.25) is 4.90 Å². The summed E-state index contributed by atoms with van der Waals surface area (Å²) in [6.45, 7) is 6.42. The Kier molecular flexibility index (Phi) is 4.93. The van der Waals surface area contributed by atoms with Gasteiger partial charge in [0.05, 0.1) is 13.2 Å². The summed E-state index contributed by atoms with van der Waals surface area (Å²) in [5, 5.41) is 0. The molecule has 1 aromatic rings. The van der Waals surface area contributed by atoms with E-state index < -0.39 is 0 Å². The third-order valence-electron chi connectivity index (χ3n) is 6.32. The maximum Gasteiger partial charge on any atom is 0.172 e. The van der Waals surface area contributed by atoms with Crippen LogP contribution in [0.15, 0.2) is 24.3 Å². The standard InChI is InChI=1S/C21H31NO2/c1-17-8-3-2-6-12-22-13-11-18-9-4-5-10-19(18)20(22)16-21(17)23-14-7-15-24-21/h4-5,9-10,17,20H,2-3,6-8,11-16H2,1H3. The second-order valence-corrected chi connectivity index (χ2v) is 7.82. The highest BCUT2D eigenvalue weighted by molar-refractivity contribution is 5.33. The summed E-state index contributed by atoms with van der Waals surface area (Å²) < 4.78 is 12.7. The van der Waals surface area contributed by atoms with Crippen LogP contribution in [0, 0.1) is 5.92 Å². The minimum absolute atomic E-state index is 0.386. The lowest BCUT2D eigenvalue weighted by Gasteiger charge is -2.48. The fourth-order valence-corrected chi connectivity index (χ4v) is 4.84. The molecule has 3 heteroatoms. The minimum Gasteiger partial charge on any atom is -0.349 e. The molecule has 2 unspecified atom stereocenters. The summed E-state index contributed by atoms with van der Waals surface area (Å²) in [4.78, 5) is 2.70. The van der Waals surface area contributed by atoms with Crippen molar-refractivity contribution in [1.29, 1.82) is 0 Å². The predicted octanol–water partition coefficient (Wildman–Crippen LogP) is 4.32. The second-order valence-electron chi connectivity index (χ2n) is 7.82. The number of hydrogen-bond donors (Lipinski definition) is 0. The van der Waals surface area contributed by atoms with Crippen LogP contribution >= 0.6 is 0 Å². The third kappa shape index (κ3) is 3.14. The number of ether oxygens (including phenoxy) is 2. The minimum atomic E-state index is -0.386. The fraction of sp³-hybridized carbons (Fsp3) is 0.714. The Morgan fingerprint density at radius 2 is 1.83 bits per heavy atom. The lowest BCUT2D eigenvalue weighted by Crippen LogP contribution is -2.50. The molecule has 2 fully saturated rings. The Hall–Kier alpha value is -0.900. The van der Waals surface area contributed by atoms with Gasteiger partial charge in [-0.2, -0.15) is 0 Å². The van der Waals surface area contributed by atoms with Crippen molar-refractivity contribution in [1.82, 2.24) is 4.90 Å². The van der Waals surface area contributed by atoms with Gasteiger partial charge in [-0.05, 0) is 43.4 Å². The van der Waals surface area contributed by atoms with Gasteiger partial charge in [0.25, 0.3) is 0 Å². The summed E-state index contributed by atoms with van der Waals surface area (Å²) in [5.41, 5.74) is 3.03. The molecule has 0 aliphatic carbocycles. The largest absolute Gasteiger partial charge is 0.349 e. The molecule has 3 nitrogen and oxygen atoms in total. The lowest BCUT2D eigenvalue weighted by molar-refractivity contribution is -0.301. The van der Waals surface area contributed by atoms with E-state index in [1.807, 2.05) is 0 Å². The van der Waals surface area contributed by atoms with Crippen molar-refractivity contribution in [3.8, 4) is 0 Å². The van der Waals surface area contributed by atoms with Crippen LogP contribution in [0.5, 0.6) is 0 Å². The Balaban J connectivity index is 1.69. The zero-order chi connectivity index (χ0) is 16.4. The van der Waals surface area contributed by atoms with Crippen molar-refractivity contribution in [2.75, 3.05) is 26.3 Å². The van der Waals surface area contributed by atoms with Crippen LogP contribution in [0.2, 0.25) is 0 Å². The molecular weight excluding hydrogens is 298 g/mol. The molecule has 0 amide bonds. The normalized spacial score (nSPS) is 31.2. The van der Waals surface area contributed by atoms with E-state index in [4.69, 9.17) is 9.47 Å². The van der Waals surface area contributed by atoms with Crippen LogP contribution in [0.1, 0.15) is 62.6 Å². The fourth-order valence-electron chi connectivity index (χ4n) is 4.84. The van der Waals surface area contributed by atoms with Crippen molar-refractivity contribution in [3.05, 3.63) is 35.4 Å². The molecule has 4 rings (SSSR count). The van der Waals surface area contributed by atoms with E-state index in [9.17, 15) is 0 Å². The first-order valence-electron chi connectivity index (χ1n) is 9.88. The molecule has 0 N–H and O–H groups in total. The number of rotatable bonds is 0. The summed E-state index contributed by atoms with van der Waals surface area (Å²) in [6.07, 6.45) is 8.34. The van der Waals surface area contributed by atoms with Crippen LogP contribution in [0.25, 0.3) is 0 Å². The topological polar surface area (TPSA) is 21.7 Å². The van der Waals surface area contributed by atoms with Crippen LogP contribution in [-0.2, 0) is 15.9 Å². The van der Waals surface area contributed by atoms with Crippen LogP contribution in [0.4, 0.5) is 0 Å². The number of benzene rings is 1. The Labute approximate surface area is 146 Å². The molecular formula is C21H31NO2. The molecule has 0 aromatic heterocycles. The van der Waals surface area contributed by atoms with Gasteiger partial charge < -0.3 is 9.47 Å². The maximum absolute atomic E-state index is 6.37. The summed E-state index contributed by atoms with van der Waals surface area (Å²) in [6, 6.07) is 9.46. The van der Waals surface area contributed by atoms with Crippen molar-refractivity contribution in [3.63, 3.8) is 0 Å². The summed E-state index contributed by atoms with van der Waals surface area (Å²) >= 11 is 0. The molecule has 1 aromatic carbocycles. The molecule has 0 saturated carbocycles. The van der Waals surface area contributed by atoms with E-state index >= 15 is 0 Å². The molecule has 3 aliphatic heterocycles. The first-order valence-corrected chi connectivity index (χ1v) is 9.88. The van der Waals surface area contributed by atoms with E-state index in [0.717, 1.165) is 26.1 Å². The average molecular weight is 329 g/mol. The lowest BCUT2D eigenvalue weighted by atomic mass is 9.82. The van der Waals surface area contributed by atoms with Crippen LogP contribution in [-0.4, -0.2) is 37.0 Å². The average Bonchev–Trinajstić information content (AvgIpc) is 2.63. The molecule has 1 spiro atoms. The zero-order valence-electron chi connectivity index (χ0n) is 15.0. The van der Waals surface area contributed by atoms with Gasteiger partial charge in [-0.1, -0.05) is 44.0 Å². The van der Waals surface area contributed by atoms with E-state index in [-0.39, 0.29) is 5.79 Å². The second kappa shape index (κ2) is 7.15. The van der Waals surface area contributed by atoms with E-state index in [1.54, 1.807) is 0 Å². The third-order valence-corrected chi connectivity index (χ3v) is 6.32. The van der Waals surface area contributed by atoms with E-state index in [1.165, 1.54) is 56.3 Å². The first-order chi connectivity index (χ1) is 11.8. The maximum atomic E-state index is 6.37. The molecule has 2 saturated heterocycles. The van der Waals surface area contributed by atoms with Crippen molar-refractivity contribution >= 4 is 0 Å². The van der Waals surface area contributed by atoms with Gasteiger partial charge in [0, 0.05) is 24.9 Å². The molecule has 0 radical (unpaired) electrons. The monoisotopic (exact) mass is 329 g/mol. The van der Waals surface area contributed by atoms with Gasteiger partial charge in [0.2, 0.25) is 0 Å². The van der Waals surface area contributed by atoms with Gasteiger partial charge in [0.1, 0.15) is 0 Å². The number of nitrogens with zero attached hydrogens (tertiary/aromatic N) is 1. The summed E-state index contributed by atoms with van der Waals surface area (Å²) in [5.74, 6) is 0.0787. The van der Waals surface area contributed by atoms with Gasteiger partial charge in [-0.25, -0.2) is 0 Å². The molecule has 24 heavy (non-hydrogen) atoms. The molecule has 132 valence electrons. The quantitative estimate of drug-likeness (QED) is 0.707. The SMILES string of the molecule is CC1CCCCCN2CCc3ccccc3C2CC12OCCCO2. The van der Waals surface area contributed by atoms with Gasteiger partial charge in [0.15, 0.2) is 5.79 Å². The van der Waals surface area contributed by atoms with Gasteiger partial charge >= 0.3 is 0 Å². The highest BCUT2D eigenvalue weighted by Gasteiger charge is 2.44. The van der Waals surface area contributed by atoms with E-state index in [2.05, 4.69) is 36.1 Å². The van der Waals surface area contributed by atoms with E-state index in [0.29, 0.717) is 12.0 Å².